The second-order valence-corrected chi connectivity index (χ2v) is 14.0. The van der Waals surface area contributed by atoms with Gasteiger partial charge in [0.1, 0.15) is 91.5 Å². The van der Waals surface area contributed by atoms with Gasteiger partial charge in [-0.1, -0.05) is 0 Å². The SMILES string of the molecule is CC(=O)N[C@H]1[C@H](O[C@H]2[C@@H](O)[C@@H](COS(=O)(=O)O)O[C@@H](O[C@@H]([C@@H](O)[C@H](O)CO)[C@H](CO)NC(C)=O)[C@@H]2O)O[C@H](CO)[C@@H](O[C@@H]2O[C@H](CO)[C@H](O)[C@H](O)[C@H]2O)[C@@H]1O. The number of nitrogens with one attached hydrogen (secondary N) is 2. The number of aliphatic hydroxyl groups is 12. The van der Waals surface area contributed by atoms with Crippen LogP contribution in [-0.4, -0.2) is 236 Å². The summed E-state index contributed by atoms with van der Waals surface area (Å²) in [7, 11) is -5.21. The molecular weight excluding hydrogens is 780 g/mol. The van der Waals surface area contributed by atoms with Crippen LogP contribution in [0.3, 0.4) is 0 Å². The lowest BCUT2D eigenvalue weighted by atomic mass is 9.94. The van der Waals surface area contributed by atoms with Gasteiger partial charge in [-0.05, 0) is 0 Å². The van der Waals surface area contributed by atoms with E-state index in [1.165, 1.54) is 0 Å². The third-order valence-corrected chi connectivity index (χ3v) is 9.30. The minimum atomic E-state index is -5.21. The molecule has 3 saturated heterocycles. The minimum absolute atomic E-state index is 0.788. The molecular formula is C28H50N2O24S. The Bertz CT molecular complexity index is 1330. The van der Waals surface area contributed by atoms with Gasteiger partial charge in [-0.3, -0.25) is 14.1 Å². The van der Waals surface area contributed by atoms with Gasteiger partial charge in [-0.25, -0.2) is 4.18 Å². The first-order valence-electron chi connectivity index (χ1n) is 16.7. The molecule has 0 spiro atoms. The Hall–Kier alpha value is -1.91. The van der Waals surface area contributed by atoms with E-state index < -0.39 is 172 Å². The van der Waals surface area contributed by atoms with E-state index in [1.807, 2.05) is 0 Å². The van der Waals surface area contributed by atoms with Gasteiger partial charge in [0, 0.05) is 13.8 Å². The Labute approximate surface area is 312 Å². The molecule has 0 aromatic heterocycles. The Morgan fingerprint density at radius 2 is 1.27 bits per heavy atom. The summed E-state index contributed by atoms with van der Waals surface area (Å²) in [5.41, 5.74) is 0. The zero-order valence-corrected chi connectivity index (χ0v) is 30.0. The van der Waals surface area contributed by atoms with Crippen molar-refractivity contribution in [2.75, 3.05) is 33.0 Å². The quantitative estimate of drug-likeness (QED) is 0.0570. The maximum Gasteiger partial charge on any atom is 0.397 e. The van der Waals surface area contributed by atoms with E-state index in [0.717, 1.165) is 13.8 Å². The van der Waals surface area contributed by atoms with Gasteiger partial charge in [0.2, 0.25) is 11.8 Å². The largest absolute Gasteiger partial charge is 0.397 e. The highest BCUT2D eigenvalue weighted by molar-refractivity contribution is 7.80. The van der Waals surface area contributed by atoms with E-state index in [1.54, 1.807) is 0 Å². The first-order valence-corrected chi connectivity index (χ1v) is 18.0. The van der Waals surface area contributed by atoms with E-state index >= 15 is 0 Å². The van der Waals surface area contributed by atoms with Crippen molar-refractivity contribution in [2.24, 2.45) is 0 Å². The monoisotopic (exact) mass is 830 g/mol. The lowest BCUT2D eigenvalue weighted by Gasteiger charge is -2.49. The maximum atomic E-state index is 12.3. The number of amides is 2. The summed E-state index contributed by atoms with van der Waals surface area (Å²) in [4.78, 5) is 24.1. The summed E-state index contributed by atoms with van der Waals surface area (Å²) in [5.74, 6) is -1.64. The molecule has 55 heavy (non-hydrogen) atoms. The maximum absolute atomic E-state index is 12.3. The van der Waals surface area contributed by atoms with E-state index in [2.05, 4.69) is 14.8 Å². The number of hydrogen-bond donors (Lipinski definition) is 15. The molecule has 0 radical (unpaired) electrons. The smallest absolute Gasteiger partial charge is 0.394 e. The number of carbonyl (C=O) groups is 2. The van der Waals surface area contributed by atoms with Crippen molar-refractivity contribution in [2.45, 2.75) is 130 Å². The van der Waals surface area contributed by atoms with Crippen molar-refractivity contribution < 1.29 is 116 Å². The molecule has 15 N–H and O–H groups in total. The molecule has 26 nitrogen and oxygen atoms in total. The molecule has 0 bridgehead atoms. The Morgan fingerprint density at radius 3 is 1.80 bits per heavy atom. The molecule has 19 atom stereocenters. The summed E-state index contributed by atoms with van der Waals surface area (Å²) in [5, 5.41) is 129. The molecule has 3 heterocycles. The molecule has 0 aromatic rings. The van der Waals surface area contributed by atoms with E-state index in [4.69, 9.17) is 33.0 Å². The zero-order chi connectivity index (χ0) is 41.5. The second kappa shape index (κ2) is 20.7. The third-order valence-electron chi connectivity index (χ3n) is 8.87. The lowest BCUT2D eigenvalue weighted by molar-refractivity contribution is -0.371. The number of aliphatic hydroxyl groups excluding tert-OH is 12. The Morgan fingerprint density at radius 1 is 0.691 bits per heavy atom. The van der Waals surface area contributed by atoms with Gasteiger partial charge >= 0.3 is 10.4 Å². The summed E-state index contributed by atoms with van der Waals surface area (Å²) < 4.78 is 69.8. The summed E-state index contributed by atoms with van der Waals surface area (Å²) in [6, 6.07) is -3.35. The molecule has 3 fully saturated rings. The lowest BCUT2D eigenvalue weighted by Crippen LogP contribution is -2.69. The molecule has 3 aliphatic rings. The highest BCUT2D eigenvalue weighted by atomic mass is 32.3. The van der Waals surface area contributed by atoms with Gasteiger partial charge in [-0.2, -0.15) is 8.42 Å². The standard InChI is InChI=1S/C28H50N2O24S/c1-8(35)29-10(3-31)23(16(38)11(37)4-32)52-28-22(44)25(18(40)14(51-28)7-48-55(45,46)47)54-26-15(30-9(2)36)19(41)24(13(6-34)50-26)53-27-21(43)20(42)17(39)12(5-33)49-27/h10-28,31-34,37-44H,3-7H2,1-2H3,(H,29,35)(H,30,36)(H,45,46,47)/t10-,11+,12+,13+,14+,15+,16-,17-,18-,19+,20-,21+,22+,23+,24+,25-,26-,27-,28-/m0/s1. The molecule has 0 aliphatic carbocycles. The van der Waals surface area contributed by atoms with Crippen molar-refractivity contribution in [3.05, 3.63) is 0 Å². The highest BCUT2D eigenvalue weighted by Gasteiger charge is 2.55. The summed E-state index contributed by atoms with van der Waals surface area (Å²) in [6.45, 7) is -3.16. The predicted octanol–water partition coefficient (Wildman–Crippen LogP) is -10.00. The van der Waals surface area contributed by atoms with Crippen molar-refractivity contribution in [1.29, 1.82) is 0 Å². The van der Waals surface area contributed by atoms with Crippen LogP contribution in [-0.2, 0) is 52.6 Å². The minimum Gasteiger partial charge on any atom is -0.394 e. The Balaban J connectivity index is 1.99. The van der Waals surface area contributed by atoms with Crippen LogP contribution < -0.4 is 10.6 Å². The third kappa shape index (κ3) is 12.1. The molecule has 3 rings (SSSR count). The fourth-order valence-corrected chi connectivity index (χ4v) is 6.39. The number of ether oxygens (including phenoxy) is 6. The zero-order valence-electron chi connectivity index (χ0n) is 29.2. The fourth-order valence-electron chi connectivity index (χ4n) is 6.08. The second-order valence-electron chi connectivity index (χ2n) is 12.9. The van der Waals surface area contributed by atoms with Crippen molar-refractivity contribution in [1.82, 2.24) is 10.6 Å². The molecule has 0 aromatic carbocycles. The van der Waals surface area contributed by atoms with Crippen LogP contribution in [0.4, 0.5) is 0 Å². The predicted molar refractivity (Wildman–Crippen MR) is 170 cm³/mol. The molecule has 322 valence electrons. The number of rotatable bonds is 18. The van der Waals surface area contributed by atoms with E-state index in [0.29, 0.717) is 0 Å². The normalized spacial score (nSPS) is 39.4. The summed E-state index contributed by atoms with van der Waals surface area (Å²) in [6.07, 6.45) is -33.3. The first-order chi connectivity index (χ1) is 25.7. The van der Waals surface area contributed by atoms with Crippen molar-refractivity contribution in [3.8, 4) is 0 Å². The van der Waals surface area contributed by atoms with Gasteiger partial charge in [0.25, 0.3) is 0 Å². The van der Waals surface area contributed by atoms with Crippen molar-refractivity contribution >= 4 is 22.2 Å². The Kier molecular flexibility index (Phi) is 17.8. The molecule has 3 aliphatic heterocycles. The van der Waals surface area contributed by atoms with Crippen LogP contribution in [0.2, 0.25) is 0 Å². The molecule has 27 heteroatoms. The van der Waals surface area contributed by atoms with Crippen LogP contribution in [0.5, 0.6) is 0 Å². The topological polar surface area (TPSA) is 420 Å². The van der Waals surface area contributed by atoms with Crippen molar-refractivity contribution in [3.63, 3.8) is 0 Å². The van der Waals surface area contributed by atoms with Crippen LogP contribution in [0.1, 0.15) is 13.8 Å². The van der Waals surface area contributed by atoms with Crippen LogP contribution in [0.15, 0.2) is 0 Å². The van der Waals surface area contributed by atoms with Gasteiger partial charge in [0.15, 0.2) is 18.9 Å². The molecule has 0 unspecified atom stereocenters. The molecule has 0 saturated carbocycles. The average Bonchev–Trinajstić information content (AvgIpc) is 3.12. The number of hydrogen-bond acceptors (Lipinski definition) is 23. The van der Waals surface area contributed by atoms with E-state index in [-0.39, 0.29) is 0 Å². The fraction of sp³-hybridized carbons (Fsp3) is 0.929. The van der Waals surface area contributed by atoms with Crippen LogP contribution in [0.25, 0.3) is 0 Å². The van der Waals surface area contributed by atoms with Crippen LogP contribution in [0, 0.1) is 0 Å². The van der Waals surface area contributed by atoms with Crippen LogP contribution >= 0.6 is 0 Å². The van der Waals surface area contributed by atoms with E-state index in [9.17, 15) is 79.3 Å². The number of carbonyl (C=O) groups excluding carboxylic acids is 2. The van der Waals surface area contributed by atoms with Gasteiger partial charge in [-0.15, -0.1) is 0 Å². The van der Waals surface area contributed by atoms with Gasteiger partial charge in [0.05, 0.1) is 39.1 Å². The highest BCUT2D eigenvalue weighted by Crippen LogP contribution is 2.33. The summed E-state index contributed by atoms with van der Waals surface area (Å²) >= 11 is 0. The molecule has 2 amide bonds. The van der Waals surface area contributed by atoms with Gasteiger partial charge < -0.3 is 100 Å². The average molecular weight is 831 g/mol. The first kappa shape index (κ1) is 47.5.